The van der Waals surface area contributed by atoms with E-state index >= 15 is 0 Å². The van der Waals surface area contributed by atoms with E-state index in [0.717, 1.165) is 3.79 Å². The fourth-order valence-electron chi connectivity index (χ4n) is 2.00. The molecule has 2 rings (SSSR count). The van der Waals surface area contributed by atoms with Gasteiger partial charge in [-0.15, -0.1) is 11.3 Å². The molecule has 0 unspecified atom stereocenters. The number of nitrogens with two attached hydrogens (primary N) is 1. The van der Waals surface area contributed by atoms with Crippen molar-refractivity contribution in [1.82, 2.24) is 9.21 Å². The Morgan fingerprint density at radius 3 is 2.40 bits per heavy atom. The van der Waals surface area contributed by atoms with Gasteiger partial charge in [0.15, 0.2) is 0 Å². The second-order valence-corrected chi connectivity index (χ2v) is 9.20. The number of carbonyl (C=O) groups excluding carboxylic acids is 1. The minimum Gasteiger partial charge on any atom is -0.339 e. The number of halogens is 1. The van der Waals surface area contributed by atoms with Crippen LogP contribution in [0.2, 0.25) is 0 Å². The van der Waals surface area contributed by atoms with E-state index in [1.54, 1.807) is 24.0 Å². The minimum atomic E-state index is -3.46. The molecule has 20 heavy (non-hydrogen) atoms. The molecule has 0 bridgehead atoms. The normalized spacial score (nSPS) is 19.1. The van der Waals surface area contributed by atoms with Crippen molar-refractivity contribution in [3.05, 3.63) is 15.9 Å². The van der Waals surface area contributed by atoms with Crippen LogP contribution in [0.15, 0.2) is 20.1 Å². The highest BCUT2D eigenvalue weighted by atomic mass is 79.9. The van der Waals surface area contributed by atoms with Crippen molar-refractivity contribution in [2.75, 3.05) is 26.2 Å². The molecule has 0 aromatic carbocycles. The van der Waals surface area contributed by atoms with Gasteiger partial charge in [-0.1, -0.05) is 0 Å². The fraction of sp³-hybridized carbons (Fsp3) is 0.545. The molecular weight excluding hydrogens is 366 g/mol. The summed E-state index contributed by atoms with van der Waals surface area (Å²) in [5.74, 6) is -0.138. The molecule has 1 saturated heterocycles. The van der Waals surface area contributed by atoms with Crippen LogP contribution < -0.4 is 5.73 Å². The average Bonchev–Trinajstić information content (AvgIpc) is 2.85. The Kier molecular flexibility index (Phi) is 4.85. The molecule has 1 aromatic rings. The second-order valence-electron chi connectivity index (χ2n) is 4.58. The number of rotatable bonds is 3. The van der Waals surface area contributed by atoms with Gasteiger partial charge in [-0.2, -0.15) is 4.31 Å². The molecule has 112 valence electrons. The van der Waals surface area contributed by atoms with Gasteiger partial charge in [0.05, 0.1) is 9.83 Å². The molecule has 9 heteroatoms. The first-order valence-electron chi connectivity index (χ1n) is 6.12. The zero-order valence-electron chi connectivity index (χ0n) is 11.0. The molecule has 1 amide bonds. The lowest BCUT2D eigenvalue weighted by Gasteiger charge is -2.34. The number of amides is 1. The van der Waals surface area contributed by atoms with Crippen LogP contribution in [-0.4, -0.2) is 55.8 Å². The monoisotopic (exact) mass is 381 g/mol. The van der Waals surface area contributed by atoms with Gasteiger partial charge in [0.1, 0.15) is 4.21 Å². The lowest BCUT2D eigenvalue weighted by atomic mass is 10.2. The van der Waals surface area contributed by atoms with Crippen molar-refractivity contribution in [3.63, 3.8) is 0 Å². The maximum absolute atomic E-state index is 12.4. The Balaban J connectivity index is 2.05. The van der Waals surface area contributed by atoms with Gasteiger partial charge >= 0.3 is 0 Å². The SMILES string of the molecule is C[C@@H](N)C(=O)N1CCN(S(=O)(=O)c2ccc(Br)s2)CC1. The first kappa shape index (κ1) is 15.9. The zero-order valence-corrected chi connectivity index (χ0v) is 14.2. The van der Waals surface area contributed by atoms with Gasteiger partial charge in [-0.25, -0.2) is 8.42 Å². The average molecular weight is 382 g/mol. The van der Waals surface area contributed by atoms with Crippen LogP contribution in [-0.2, 0) is 14.8 Å². The summed E-state index contributed by atoms with van der Waals surface area (Å²) in [4.78, 5) is 13.4. The maximum atomic E-state index is 12.4. The second kappa shape index (κ2) is 6.10. The van der Waals surface area contributed by atoms with E-state index in [0.29, 0.717) is 30.4 Å². The summed E-state index contributed by atoms with van der Waals surface area (Å²) < 4.78 is 27.3. The predicted molar refractivity (Wildman–Crippen MR) is 81.0 cm³/mol. The summed E-state index contributed by atoms with van der Waals surface area (Å²) in [7, 11) is -3.46. The number of thiophene rings is 1. The molecule has 1 aliphatic heterocycles. The molecule has 1 aromatic heterocycles. The number of sulfonamides is 1. The van der Waals surface area contributed by atoms with E-state index in [2.05, 4.69) is 15.9 Å². The van der Waals surface area contributed by atoms with E-state index in [1.807, 2.05) is 0 Å². The molecule has 1 aliphatic rings. The number of piperazine rings is 1. The summed E-state index contributed by atoms with van der Waals surface area (Å²) in [6, 6.07) is 2.75. The largest absolute Gasteiger partial charge is 0.339 e. The van der Waals surface area contributed by atoms with E-state index in [1.165, 1.54) is 15.6 Å². The molecule has 2 N–H and O–H groups in total. The van der Waals surface area contributed by atoms with Crippen molar-refractivity contribution < 1.29 is 13.2 Å². The quantitative estimate of drug-likeness (QED) is 0.834. The molecule has 0 saturated carbocycles. The van der Waals surface area contributed by atoms with Gasteiger partial charge in [0, 0.05) is 26.2 Å². The number of nitrogens with zero attached hydrogens (tertiary/aromatic N) is 2. The van der Waals surface area contributed by atoms with E-state index in [9.17, 15) is 13.2 Å². The molecule has 0 aliphatic carbocycles. The highest BCUT2D eigenvalue weighted by molar-refractivity contribution is 9.11. The first-order chi connectivity index (χ1) is 9.32. The summed E-state index contributed by atoms with van der Waals surface area (Å²) >= 11 is 4.45. The van der Waals surface area contributed by atoms with Crippen LogP contribution in [0.4, 0.5) is 0 Å². The van der Waals surface area contributed by atoms with Gasteiger partial charge in [0.2, 0.25) is 5.91 Å². The molecule has 1 fully saturated rings. The van der Waals surface area contributed by atoms with Crippen molar-refractivity contribution in [3.8, 4) is 0 Å². The fourth-order valence-corrected chi connectivity index (χ4v) is 5.59. The topological polar surface area (TPSA) is 83.7 Å². The summed E-state index contributed by atoms with van der Waals surface area (Å²) in [6.07, 6.45) is 0. The van der Waals surface area contributed by atoms with E-state index in [-0.39, 0.29) is 5.91 Å². The summed E-state index contributed by atoms with van der Waals surface area (Å²) in [5.41, 5.74) is 5.55. The third kappa shape index (κ3) is 3.22. The van der Waals surface area contributed by atoms with Crippen molar-refractivity contribution in [1.29, 1.82) is 0 Å². The van der Waals surface area contributed by atoms with Crippen molar-refractivity contribution in [2.24, 2.45) is 5.73 Å². The molecule has 1 atom stereocenters. The van der Waals surface area contributed by atoms with Gasteiger partial charge in [-0.05, 0) is 35.0 Å². The molecule has 0 radical (unpaired) electrons. The Morgan fingerprint density at radius 2 is 1.95 bits per heavy atom. The minimum absolute atomic E-state index is 0.138. The molecule has 0 spiro atoms. The zero-order chi connectivity index (χ0) is 14.9. The maximum Gasteiger partial charge on any atom is 0.252 e. The smallest absolute Gasteiger partial charge is 0.252 e. The predicted octanol–water partition coefficient (Wildman–Crippen LogP) is 0.691. The van der Waals surface area contributed by atoms with E-state index in [4.69, 9.17) is 5.73 Å². The third-order valence-corrected chi connectivity index (χ3v) is 7.07. The number of hydrogen-bond acceptors (Lipinski definition) is 5. The number of carbonyl (C=O) groups is 1. The van der Waals surface area contributed by atoms with Crippen LogP contribution in [0, 0.1) is 0 Å². The highest BCUT2D eigenvalue weighted by Gasteiger charge is 2.31. The van der Waals surface area contributed by atoms with Crippen LogP contribution >= 0.6 is 27.3 Å². The van der Waals surface area contributed by atoms with Crippen molar-refractivity contribution in [2.45, 2.75) is 17.2 Å². The lowest BCUT2D eigenvalue weighted by molar-refractivity contribution is -0.133. The summed E-state index contributed by atoms with van der Waals surface area (Å²) in [5, 5.41) is 0. The highest BCUT2D eigenvalue weighted by Crippen LogP contribution is 2.28. The number of hydrogen-bond donors (Lipinski definition) is 1. The summed E-state index contributed by atoms with van der Waals surface area (Å²) in [6.45, 7) is 3.00. The standard InChI is InChI=1S/C11H16BrN3O3S2/c1-8(13)11(16)14-4-6-15(7-5-14)20(17,18)10-3-2-9(12)19-10/h2-3,8H,4-7,13H2,1H3/t8-/m1/s1. The molecule has 2 heterocycles. The first-order valence-corrected chi connectivity index (χ1v) is 9.17. The Labute approximate surface area is 130 Å². The lowest BCUT2D eigenvalue weighted by Crippen LogP contribution is -2.53. The van der Waals surface area contributed by atoms with Gasteiger partial charge in [0.25, 0.3) is 10.0 Å². The third-order valence-electron chi connectivity index (χ3n) is 3.08. The molecular formula is C11H16BrN3O3S2. The van der Waals surface area contributed by atoms with E-state index < -0.39 is 16.1 Å². The van der Waals surface area contributed by atoms with Crippen LogP contribution in [0.1, 0.15) is 6.92 Å². The van der Waals surface area contributed by atoms with Crippen LogP contribution in [0.3, 0.4) is 0 Å². The Bertz CT molecular complexity index is 592. The Hall–Kier alpha value is -0.480. The molecule has 6 nitrogen and oxygen atoms in total. The van der Waals surface area contributed by atoms with Crippen LogP contribution in [0.5, 0.6) is 0 Å². The van der Waals surface area contributed by atoms with Gasteiger partial charge < -0.3 is 10.6 Å². The van der Waals surface area contributed by atoms with Crippen molar-refractivity contribution >= 4 is 43.2 Å². The van der Waals surface area contributed by atoms with Gasteiger partial charge in [-0.3, -0.25) is 4.79 Å². The Morgan fingerprint density at radius 1 is 1.35 bits per heavy atom. The van der Waals surface area contributed by atoms with Crippen LogP contribution in [0.25, 0.3) is 0 Å².